The van der Waals surface area contributed by atoms with E-state index in [-0.39, 0.29) is 10.9 Å². The van der Waals surface area contributed by atoms with Crippen molar-refractivity contribution < 1.29 is 33.3 Å². The van der Waals surface area contributed by atoms with E-state index in [1.807, 2.05) is 0 Å². The highest BCUT2D eigenvalue weighted by Crippen LogP contribution is 2.30. The van der Waals surface area contributed by atoms with Gasteiger partial charge in [0.05, 0.1) is 12.1 Å². The van der Waals surface area contributed by atoms with Crippen molar-refractivity contribution in [1.29, 1.82) is 0 Å². The molecule has 2 aromatic carbocycles. The minimum absolute atomic E-state index is 0.216. The summed E-state index contributed by atoms with van der Waals surface area (Å²) in [5.41, 5.74) is 0. The van der Waals surface area contributed by atoms with Crippen LogP contribution >= 0.6 is 23.2 Å². The van der Waals surface area contributed by atoms with Crippen LogP contribution in [0.25, 0.3) is 0 Å². The molecule has 34 heavy (non-hydrogen) atoms. The summed E-state index contributed by atoms with van der Waals surface area (Å²) in [6, 6.07) is 14.3. The molecule has 0 fully saturated rings. The molecule has 0 unspecified atom stereocenters. The number of halogens is 2. The summed E-state index contributed by atoms with van der Waals surface area (Å²) >= 11 is 11.9. The second-order valence-electron chi connectivity index (χ2n) is 6.95. The van der Waals surface area contributed by atoms with Crippen molar-refractivity contribution in [2.75, 3.05) is 7.11 Å². The monoisotopic (exact) mass is 505 g/mol. The Morgan fingerprint density at radius 3 is 1.82 bits per heavy atom. The second kappa shape index (κ2) is 11.6. The third-order valence-corrected chi connectivity index (χ3v) is 4.82. The zero-order valence-corrected chi connectivity index (χ0v) is 20.0. The van der Waals surface area contributed by atoms with Crippen LogP contribution in [0, 0.1) is 0 Å². The van der Waals surface area contributed by atoms with Gasteiger partial charge in [0.25, 0.3) is 0 Å². The molecule has 0 saturated heterocycles. The topological polar surface area (TPSA) is 93.2 Å². The highest BCUT2D eigenvalue weighted by atomic mass is 35.5. The van der Waals surface area contributed by atoms with Gasteiger partial charge in [-0.2, -0.15) is 0 Å². The quantitative estimate of drug-likeness (QED) is 0.278. The van der Waals surface area contributed by atoms with Crippen LogP contribution in [-0.2, 0) is 14.3 Å². The highest BCUT2D eigenvalue weighted by Gasteiger charge is 2.18. The third-order valence-electron chi connectivity index (χ3n) is 4.35. The number of methoxy groups -OCH3 is 1. The fourth-order valence-corrected chi connectivity index (χ4v) is 3.05. The Morgan fingerprint density at radius 2 is 1.29 bits per heavy atom. The molecule has 0 bridgehead atoms. The van der Waals surface area contributed by atoms with E-state index in [0.29, 0.717) is 28.0 Å². The molecule has 0 N–H and O–H groups in total. The predicted molar refractivity (Wildman–Crippen MR) is 125 cm³/mol. The number of ether oxygens (including phenoxy) is 5. The van der Waals surface area contributed by atoms with Crippen molar-refractivity contribution in [3.05, 3.63) is 70.8 Å². The van der Waals surface area contributed by atoms with Crippen molar-refractivity contribution in [2.24, 2.45) is 0 Å². The molecule has 1 heterocycles. The van der Waals surface area contributed by atoms with Crippen LogP contribution in [0.1, 0.15) is 13.8 Å². The van der Waals surface area contributed by atoms with E-state index in [1.54, 1.807) is 62.4 Å². The van der Waals surface area contributed by atoms with Gasteiger partial charge in [-0.25, -0.2) is 14.6 Å². The SMILES string of the molecule is COC(=O)[C@@H](C)Oc1ccc(OC(=O)[C@@H](C)Oc2ccc(Oc3ncc(Cl)cc3Cl)cc2)cc1. The summed E-state index contributed by atoms with van der Waals surface area (Å²) in [4.78, 5) is 27.8. The van der Waals surface area contributed by atoms with Crippen LogP contribution in [-0.4, -0.2) is 36.2 Å². The van der Waals surface area contributed by atoms with E-state index in [1.165, 1.54) is 19.4 Å². The molecule has 8 nitrogen and oxygen atoms in total. The fraction of sp³-hybridized carbons (Fsp3) is 0.208. The lowest BCUT2D eigenvalue weighted by Crippen LogP contribution is -2.28. The zero-order chi connectivity index (χ0) is 24.7. The summed E-state index contributed by atoms with van der Waals surface area (Å²) in [6.45, 7) is 3.14. The highest BCUT2D eigenvalue weighted by molar-refractivity contribution is 6.35. The molecule has 0 aliphatic carbocycles. The Kier molecular flexibility index (Phi) is 8.56. The summed E-state index contributed by atoms with van der Waals surface area (Å²) in [5, 5.41) is 0.682. The number of hydrogen-bond acceptors (Lipinski definition) is 8. The lowest BCUT2D eigenvalue weighted by Gasteiger charge is -2.15. The first-order valence-electron chi connectivity index (χ1n) is 10.1. The largest absolute Gasteiger partial charge is 0.479 e. The maximum Gasteiger partial charge on any atom is 0.352 e. The Morgan fingerprint density at radius 1 is 0.794 bits per heavy atom. The molecule has 0 aliphatic heterocycles. The van der Waals surface area contributed by atoms with Crippen LogP contribution in [0.5, 0.6) is 28.9 Å². The average Bonchev–Trinajstić information content (AvgIpc) is 2.82. The van der Waals surface area contributed by atoms with E-state index in [4.69, 9.17) is 42.1 Å². The molecule has 178 valence electrons. The molecule has 10 heteroatoms. The van der Waals surface area contributed by atoms with Gasteiger partial charge in [-0.05, 0) is 68.4 Å². The number of rotatable bonds is 9. The Bertz CT molecular complexity index is 1140. The average molecular weight is 506 g/mol. The minimum atomic E-state index is -0.880. The summed E-state index contributed by atoms with van der Waals surface area (Å²) in [6.07, 6.45) is -0.214. The van der Waals surface area contributed by atoms with E-state index >= 15 is 0 Å². The molecule has 0 spiro atoms. The smallest absolute Gasteiger partial charge is 0.352 e. The Balaban J connectivity index is 1.52. The molecule has 0 aliphatic rings. The van der Waals surface area contributed by atoms with E-state index in [2.05, 4.69) is 9.72 Å². The van der Waals surface area contributed by atoms with Crippen LogP contribution in [0.3, 0.4) is 0 Å². The molecular weight excluding hydrogens is 485 g/mol. The van der Waals surface area contributed by atoms with Gasteiger partial charge in [0.2, 0.25) is 5.88 Å². The molecule has 3 aromatic rings. The number of aromatic nitrogens is 1. The number of nitrogens with zero attached hydrogens (tertiary/aromatic N) is 1. The Labute approximate surface area is 206 Å². The minimum Gasteiger partial charge on any atom is -0.479 e. The number of benzene rings is 2. The van der Waals surface area contributed by atoms with Crippen molar-refractivity contribution >= 4 is 35.1 Å². The van der Waals surface area contributed by atoms with E-state index in [0.717, 1.165) is 0 Å². The summed E-state index contributed by atoms with van der Waals surface area (Å²) in [5.74, 6) is 0.776. The van der Waals surface area contributed by atoms with Gasteiger partial charge >= 0.3 is 11.9 Å². The van der Waals surface area contributed by atoms with Crippen LogP contribution in [0.4, 0.5) is 0 Å². The molecule has 0 amide bonds. The third kappa shape index (κ3) is 7.00. The van der Waals surface area contributed by atoms with Gasteiger partial charge in [-0.15, -0.1) is 0 Å². The number of carbonyl (C=O) groups excluding carboxylic acids is 2. The van der Waals surface area contributed by atoms with Gasteiger partial charge in [-0.3, -0.25) is 0 Å². The molecule has 1 aromatic heterocycles. The molecule has 0 saturated carbocycles. The number of hydrogen-bond donors (Lipinski definition) is 0. The van der Waals surface area contributed by atoms with Crippen molar-refractivity contribution in [2.45, 2.75) is 26.1 Å². The Hall–Kier alpha value is -3.49. The van der Waals surface area contributed by atoms with Crippen molar-refractivity contribution in [3.8, 4) is 28.9 Å². The fourth-order valence-electron chi connectivity index (χ4n) is 2.63. The predicted octanol–water partition coefficient (Wildman–Crippen LogP) is 5.49. The zero-order valence-electron chi connectivity index (χ0n) is 18.5. The van der Waals surface area contributed by atoms with Gasteiger partial charge < -0.3 is 23.7 Å². The maximum atomic E-state index is 12.4. The maximum absolute atomic E-state index is 12.4. The van der Waals surface area contributed by atoms with Gasteiger partial charge in [0, 0.05) is 6.20 Å². The number of pyridine rings is 1. The first kappa shape index (κ1) is 25.1. The van der Waals surface area contributed by atoms with E-state index in [9.17, 15) is 9.59 Å². The molecular formula is C24H21Cl2NO7. The van der Waals surface area contributed by atoms with E-state index < -0.39 is 24.1 Å². The van der Waals surface area contributed by atoms with Gasteiger partial charge in [0.15, 0.2) is 12.2 Å². The normalized spacial score (nSPS) is 12.3. The first-order valence-corrected chi connectivity index (χ1v) is 10.8. The lowest BCUT2D eigenvalue weighted by atomic mass is 10.3. The first-order chi connectivity index (χ1) is 16.2. The molecule has 2 atom stereocenters. The summed E-state index contributed by atoms with van der Waals surface area (Å²) < 4.78 is 26.7. The molecule has 0 radical (unpaired) electrons. The standard InChI is InChI=1S/C24H21Cl2NO7/c1-14(23(28)30-3)31-17-6-10-20(11-7-17)34-24(29)15(2)32-18-4-8-19(9-5-18)33-22-21(26)12-16(25)13-27-22/h4-15H,1-3H3/t14-,15-/m1/s1. The van der Waals surface area contributed by atoms with Crippen LogP contribution in [0.15, 0.2) is 60.8 Å². The second-order valence-corrected chi connectivity index (χ2v) is 7.79. The van der Waals surface area contributed by atoms with Gasteiger partial charge in [0.1, 0.15) is 28.0 Å². The lowest BCUT2D eigenvalue weighted by molar-refractivity contribution is -0.147. The van der Waals surface area contributed by atoms with Gasteiger partial charge in [-0.1, -0.05) is 23.2 Å². The van der Waals surface area contributed by atoms with Crippen molar-refractivity contribution in [3.63, 3.8) is 0 Å². The number of esters is 2. The molecule has 3 rings (SSSR count). The van der Waals surface area contributed by atoms with Crippen LogP contribution in [0.2, 0.25) is 10.0 Å². The summed E-state index contributed by atoms with van der Waals surface area (Å²) in [7, 11) is 1.28. The number of carbonyl (C=O) groups is 2. The van der Waals surface area contributed by atoms with Crippen LogP contribution < -0.4 is 18.9 Å². The van der Waals surface area contributed by atoms with Crippen molar-refractivity contribution in [1.82, 2.24) is 4.98 Å².